The zero-order chi connectivity index (χ0) is 12.4. The summed E-state index contributed by atoms with van der Waals surface area (Å²) >= 11 is 3.32. The first-order chi connectivity index (χ1) is 8.15. The van der Waals surface area contributed by atoms with Crippen LogP contribution in [0.1, 0.15) is 29.4 Å². The second-order valence-electron chi connectivity index (χ2n) is 3.59. The number of hydrogen-bond acceptors (Lipinski definition) is 4. The van der Waals surface area contributed by atoms with Gasteiger partial charge in [0.05, 0.1) is 22.4 Å². The average molecular weight is 298 g/mol. The number of nitrogen functional groups attached to an aromatic ring is 1. The molecule has 2 aromatic rings. The van der Waals surface area contributed by atoms with E-state index in [9.17, 15) is 4.79 Å². The Labute approximate surface area is 106 Å². The van der Waals surface area contributed by atoms with Crippen molar-refractivity contribution < 1.29 is 4.79 Å². The molecule has 0 saturated heterocycles. The maximum Gasteiger partial charge on any atom is 0.217 e. The Hall–Kier alpha value is -1.63. The number of aromatic amines is 1. The summed E-state index contributed by atoms with van der Waals surface area (Å²) in [6.45, 7) is 2.71. The van der Waals surface area contributed by atoms with E-state index in [1.165, 1.54) is 6.20 Å². The lowest BCUT2D eigenvalue weighted by atomic mass is 10.1. The van der Waals surface area contributed by atoms with Crippen LogP contribution < -0.4 is 5.73 Å². The van der Waals surface area contributed by atoms with Gasteiger partial charge in [0, 0.05) is 6.54 Å². The maximum absolute atomic E-state index is 12.3. The van der Waals surface area contributed by atoms with Gasteiger partial charge in [-0.1, -0.05) is 6.92 Å². The van der Waals surface area contributed by atoms with Crippen molar-refractivity contribution >= 4 is 27.5 Å². The Morgan fingerprint density at radius 1 is 1.59 bits per heavy atom. The minimum atomic E-state index is -0.186. The molecule has 0 bridgehead atoms. The highest BCUT2D eigenvalue weighted by Crippen LogP contribution is 2.21. The van der Waals surface area contributed by atoms with Gasteiger partial charge in [-0.05, 0) is 22.4 Å². The molecule has 0 aromatic carbocycles. The number of aryl methyl sites for hydroxylation is 1. The van der Waals surface area contributed by atoms with E-state index in [1.807, 2.05) is 6.92 Å². The molecule has 2 heterocycles. The van der Waals surface area contributed by atoms with Crippen molar-refractivity contribution in [1.82, 2.24) is 20.0 Å². The largest absolute Gasteiger partial charge is 0.383 e. The molecule has 17 heavy (non-hydrogen) atoms. The number of H-pyrrole nitrogens is 1. The fourth-order valence-corrected chi connectivity index (χ4v) is 2.05. The van der Waals surface area contributed by atoms with E-state index in [1.54, 1.807) is 10.9 Å². The quantitative estimate of drug-likeness (QED) is 0.839. The third kappa shape index (κ3) is 2.10. The number of nitrogens with two attached hydrogens (primary N) is 1. The van der Waals surface area contributed by atoms with E-state index >= 15 is 0 Å². The number of nitrogens with one attached hydrogen (secondary N) is 1. The number of aromatic nitrogens is 4. The molecule has 2 aromatic heterocycles. The van der Waals surface area contributed by atoms with Gasteiger partial charge < -0.3 is 5.73 Å². The van der Waals surface area contributed by atoms with Crippen LogP contribution in [-0.2, 0) is 6.54 Å². The van der Waals surface area contributed by atoms with Crippen molar-refractivity contribution in [2.45, 2.75) is 19.9 Å². The number of halogens is 1. The maximum atomic E-state index is 12.3. The van der Waals surface area contributed by atoms with Crippen molar-refractivity contribution in [2.24, 2.45) is 0 Å². The molecule has 0 saturated carbocycles. The lowest BCUT2D eigenvalue weighted by Gasteiger charge is -2.05. The van der Waals surface area contributed by atoms with Gasteiger partial charge in [0.15, 0.2) is 0 Å². The second kappa shape index (κ2) is 4.70. The Morgan fingerprint density at radius 3 is 2.94 bits per heavy atom. The minimum Gasteiger partial charge on any atom is -0.383 e. The monoisotopic (exact) mass is 297 g/mol. The highest BCUT2D eigenvalue weighted by Gasteiger charge is 2.21. The van der Waals surface area contributed by atoms with Crippen molar-refractivity contribution in [2.75, 3.05) is 5.73 Å². The van der Waals surface area contributed by atoms with Crippen LogP contribution in [0.4, 0.5) is 5.82 Å². The lowest BCUT2D eigenvalue weighted by Crippen LogP contribution is -2.12. The molecular formula is C10H12BrN5O. The minimum absolute atomic E-state index is 0.186. The van der Waals surface area contributed by atoms with E-state index in [0.29, 0.717) is 22.3 Å². The summed E-state index contributed by atoms with van der Waals surface area (Å²) in [5, 5.41) is 10.4. The molecule has 2 rings (SSSR count). The van der Waals surface area contributed by atoms with Crippen LogP contribution in [0.2, 0.25) is 0 Å². The summed E-state index contributed by atoms with van der Waals surface area (Å²) in [5.41, 5.74) is 6.50. The Bertz CT molecular complexity index is 545. The molecule has 7 heteroatoms. The van der Waals surface area contributed by atoms with Gasteiger partial charge in [0.1, 0.15) is 11.5 Å². The normalized spacial score (nSPS) is 10.7. The zero-order valence-electron chi connectivity index (χ0n) is 9.27. The van der Waals surface area contributed by atoms with Gasteiger partial charge in [-0.15, -0.1) is 0 Å². The first-order valence-electron chi connectivity index (χ1n) is 5.20. The van der Waals surface area contributed by atoms with Crippen LogP contribution in [0.25, 0.3) is 0 Å². The molecule has 0 aliphatic rings. The van der Waals surface area contributed by atoms with Gasteiger partial charge in [-0.25, -0.2) is 0 Å². The van der Waals surface area contributed by atoms with Crippen LogP contribution in [-0.4, -0.2) is 25.8 Å². The summed E-state index contributed by atoms with van der Waals surface area (Å²) < 4.78 is 2.33. The number of carbonyl (C=O) groups excluding carboxylic acids is 1. The molecule has 0 aliphatic carbocycles. The standard InChI is InChI=1S/C10H12BrN5O/c1-2-3-16-8(7(11)5-14-16)9(17)6-4-13-15-10(6)12/h4-5H,2-3H2,1H3,(H3,12,13,15). The van der Waals surface area contributed by atoms with Crippen LogP contribution in [0.15, 0.2) is 16.9 Å². The number of ketones is 1. The molecule has 6 nitrogen and oxygen atoms in total. The van der Waals surface area contributed by atoms with E-state index in [-0.39, 0.29) is 11.6 Å². The zero-order valence-corrected chi connectivity index (χ0v) is 10.9. The van der Waals surface area contributed by atoms with Crippen LogP contribution in [0.3, 0.4) is 0 Å². The van der Waals surface area contributed by atoms with E-state index in [2.05, 4.69) is 31.2 Å². The molecule has 0 amide bonds. The lowest BCUT2D eigenvalue weighted by molar-refractivity contribution is 0.102. The molecule has 0 aliphatic heterocycles. The first-order valence-corrected chi connectivity index (χ1v) is 5.99. The summed E-state index contributed by atoms with van der Waals surface area (Å²) in [4.78, 5) is 12.3. The molecule has 0 fully saturated rings. The fraction of sp³-hybridized carbons (Fsp3) is 0.300. The summed E-state index contributed by atoms with van der Waals surface area (Å²) in [7, 11) is 0. The first kappa shape index (κ1) is 11.8. The third-order valence-corrected chi connectivity index (χ3v) is 2.94. The van der Waals surface area contributed by atoms with Gasteiger partial charge in [-0.3, -0.25) is 14.6 Å². The van der Waals surface area contributed by atoms with Crippen LogP contribution in [0.5, 0.6) is 0 Å². The van der Waals surface area contributed by atoms with Gasteiger partial charge >= 0.3 is 0 Å². The van der Waals surface area contributed by atoms with Gasteiger partial charge in [0.2, 0.25) is 5.78 Å². The molecule has 0 radical (unpaired) electrons. The fourth-order valence-electron chi connectivity index (χ4n) is 1.57. The Morgan fingerprint density at radius 2 is 2.35 bits per heavy atom. The number of hydrogen-bond donors (Lipinski definition) is 2. The molecular weight excluding hydrogens is 286 g/mol. The second-order valence-corrected chi connectivity index (χ2v) is 4.45. The number of carbonyl (C=O) groups is 1. The number of rotatable bonds is 4. The SMILES string of the molecule is CCCn1ncc(Br)c1C(=O)c1cn[nH]c1N. The van der Waals surface area contributed by atoms with Crippen LogP contribution in [0, 0.1) is 0 Å². The van der Waals surface area contributed by atoms with Gasteiger partial charge in [0.25, 0.3) is 0 Å². The van der Waals surface area contributed by atoms with E-state index < -0.39 is 0 Å². The summed E-state index contributed by atoms with van der Waals surface area (Å²) in [6.07, 6.45) is 3.93. The predicted octanol–water partition coefficient (Wildman–Crippen LogP) is 1.59. The van der Waals surface area contributed by atoms with Crippen molar-refractivity contribution in [3.8, 4) is 0 Å². The average Bonchev–Trinajstić information content (AvgIpc) is 2.86. The highest BCUT2D eigenvalue weighted by molar-refractivity contribution is 9.10. The molecule has 0 atom stereocenters. The van der Waals surface area contributed by atoms with E-state index in [0.717, 1.165) is 6.42 Å². The summed E-state index contributed by atoms with van der Waals surface area (Å²) in [5.74, 6) is 0.0835. The van der Waals surface area contributed by atoms with Crippen molar-refractivity contribution in [1.29, 1.82) is 0 Å². The van der Waals surface area contributed by atoms with Gasteiger partial charge in [-0.2, -0.15) is 10.2 Å². The topological polar surface area (TPSA) is 89.6 Å². The molecule has 90 valence electrons. The molecule has 0 spiro atoms. The van der Waals surface area contributed by atoms with E-state index in [4.69, 9.17) is 5.73 Å². The molecule has 3 N–H and O–H groups in total. The van der Waals surface area contributed by atoms with Crippen molar-refractivity contribution in [3.05, 3.63) is 28.1 Å². The van der Waals surface area contributed by atoms with Crippen molar-refractivity contribution in [3.63, 3.8) is 0 Å². The Balaban J connectivity index is 2.43. The van der Waals surface area contributed by atoms with Crippen LogP contribution >= 0.6 is 15.9 Å². The smallest absolute Gasteiger partial charge is 0.217 e. The number of anilines is 1. The number of nitrogens with zero attached hydrogens (tertiary/aromatic N) is 3. The summed E-state index contributed by atoms with van der Waals surface area (Å²) in [6, 6.07) is 0. The third-order valence-electron chi connectivity index (χ3n) is 2.36. The predicted molar refractivity (Wildman–Crippen MR) is 66.7 cm³/mol. The molecule has 0 unspecified atom stereocenters. The Kier molecular flexibility index (Phi) is 3.28. The highest BCUT2D eigenvalue weighted by atomic mass is 79.9.